The summed E-state index contributed by atoms with van der Waals surface area (Å²) in [6.07, 6.45) is 6.08. The summed E-state index contributed by atoms with van der Waals surface area (Å²) in [6.45, 7) is 5.80. The molecule has 3 rings (SSSR count). The van der Waals surface area contributed by atoms with Crippen LogP contribution in [0, 0.1) is 0 Å². The van der Waals surface area contributed by atoms with Gasteiger partial charge in [0.15, 0.2) is 11.6 Å². The lowest BCUT2D eigenvalue weighted by Crippen LogP contribution is -2.32. The van der Waals surface area contributed by atoms with E-state index in [9.17, 15) is 4.79 Å². The van der Waals surface area contributed by atoms with Crippen molar-refractivity contribution in [2.45, 2.75) is 51.7 Å². The molecular formula is C15H23N7O. The quantitative estimate of drug-likeness (QED) is 0.745. The number of likely N-dealkylation sites (tertiary alicyclic amines) is 1. The van der Waals surface area contributed by atoms with Crippen LogP contribution in [0.1, 0.15) is 55.3 Å². The van der Waals surface area contributed by atoms with Gasteiger partial charge in [-0.25, -0.2) is 4.68 Å². The Morgan fingerprint density at radius 3 is 2.96 bits per heavy atom. The van der Waals surface area contributed by atoms with Crippen molar-refractivity contribution in [2.24, 2.45) is 7.05 Å². The fourth-order valence-corrected chi connectivity index (χ4v) is 3.13. The van der Waals surface area contributed by atoms with Gasteiger partial charge in [0.2, 0.25) is 0 Å². The molecule has 0 aromatic carbocycles. The number of aromatic nitrogens is 6. The van der Waals surface area contributed by atoms with Crippen LogP contribution >= 0.6 is 0 Å². The van der Waals surface area contributed by atoms with Crippen LogP contribution in [-0.2, 0) is 13.6 Å². The highest BCUT2D eigenvalue weighted by Crippen LogP contribution is 2.23. The summed E-state index contributed by atoms with van der Waals surface area (Å²) in [6, 6.07) is 0.484. The van der Waals surface area contributed by atoms with Gasteiger partial charge in [-0.2, -0.15) is 5.10 Å². The molecule has 0 N–H and O–H groups in total. The molecule has 2 aromatic rings. The Kier molecular flexibility index (Phi) is 4.51. The smallest absolute Gasteiger partial charge is 0.167 e. The lowest BCUT2D eigenvalue weighted by Gasteiger charge is -2.23. The second-order valence-corrected chi connectivity index (χ2v) is 6.43. The Morgan fingerprint density at radius 1 is 1.43 bits per heavy atom. The van der Waals surface area contributed by atoms with Crippen LogP contribution in [0.5, 0.6) is 0 Å². The highest BCUT2D eigenvalue weighted by molar-refractivity contribution is 5.96. The Labute approximate surface area is 135 Å². The number of aryl methyl sites for hydroxylation is 1. The number of carbonyl (C=O) groups excluding carboxylic acids is 1. The third-order valence-electron chi connectivity index (χ3n) is 4.34. The summed E-state index contributed by atoms with van der Waals surface area (Å²) in [5.41, 5.74) is 0.686. The molecule has 0 radical (unpaired) electrons. The molecule has 8 nitrogen and oxygen atoms in total. The van der Waals surface area contributed by atoms with Crippen molar-refractivity contribution in [3.05, 3.63) is 23.8 Å². The first-order valence-corrected chi connectivity index (χ1v) is 8.07. The number of Topliss-reactive ketones (excluding diaryl/α,β-unsaturated/α-hetero) is 1. The highest BCUT2D eigenvalue weighted by Gasteiger charge is 2.29. The molecule has 1 aliphatic rings. The summed E-state index contributed by atoms with van der Waals surface area (Å²) in [5.74, 6) is 1.01. The predicted octanol–water partition coefficient (Wildman–Crippen LogP) is 1.22. The predicted molar refractivity (Wildman–Crippen MR) is 83.8 cm³/mol. The highest BCUT2D eigenvalue weighted by atomic mass is 16.1. The van der Waals surface area contributed by atoms with Crippen molar-refractivity contribution in [1.82, 2.24) is 34.9 Å². The Balaban J connectivity index is 1.66. The van der Waals surface area contributed by atoms with Gasteiger partial charge < -0.3 is 0 Å². The van der Waals surface area contributed by atoms with E-state index in [1.165, 1.54) is 0 Å². The van der Waals surface area contributed by atoms with E-state index in [-0.39, 0.29) is 17.9 Å². The number of hydrogen-bond acceptors (Lipinski definition) is 6. The van der Waals surface area contributed by atoms with E-state index >= 15 is 0 Å². The topological polar surface area (TPSA) is 81.7 Å². The molecule has 1 saturated heterocycles. The van der Waals surface area contributed by atoms with Gasteiger partial charge in [-0.3, -0.25) is 14.4 Å². The van der Waals surface area contributed by atoms with E-state index in [2.05, 4.69) is 39.4 Å². The second-order valence-electron chi connectivity index (χ2n) is 6.43. The van der Waals surface area contributed by atoms with Crippen molar-refractivity contribution < 1.29 is 4.79 Å². The lowest BCUT2D eigenvalue weighted by molar-refractivity contribution is 0.0936. The molecule has 1 fully saturated rings. The standard InChI is InChI=1S/C15H23N7O/c1-11(2)22-15(17-18-19-22)10-21-6-4-5-13(21)7-14(23)12-8-16-20(3)9-12/h8-9,11,13H,4-7,10H2,1-3H3/t13-/m1/s1. The van der Waals surface area contributed by atoms with Gasteiger partial charge in [0.25, 0.3) is 0 Å². The average molecular weight is 317 g/mol. The van der Waals surface area contributed by atoms with Gasteiger partial charge in [-0.05, 0) is 43.7 Å². The first-order valence-electron chi connectivity index (χ1n) is 8.07. The van der Waals surface area contributed by atoms with E-state index < -0.39 is 0 Å². The van der Waals surface area contributed by atoms with Gasteiger partial charge in [0, 0.05) is 25.7 Å². The first kappa shape index (κ1) is 15.8. The summed E-state index contributed by atoms with van der Waals surface area (Å²) in [5, 5.41) is 16.0. The van der Waals surface area contributed by atoms with E-state index in [1.54, 1.807) is 17.1 Å². The fourth-order valence-electron chi connectivity index (χ4n) is 3.13. The Bertz CT molecular complexity index is 675. The normalized spacial score (nSPS) is 18.9. The lowest BCUT2D eigenvalue weighted by atomic mass is 10.0. The van der Waals surface area contributed by atoms with Crippen molar-refractivity contribution in [3.63, 3.8) is 0 Å². The summed E-state index contributed by atoms with van der Waals surface area (Å²) < 4.78 is 3.51. The van der Waals surface area contributed by atoms with E-state index in [0.717, 1.165) is 25.2 Å². The molecule has 0 saturated carbocycles. The van der Waals surface area contributed by atoms with Crippen molar-refractivity contribution in [1.29, 1.82) is 0 Å². The maximum absolute atomic E-state index is 12.4. The van der Waals surface area contributed by atoms with Gasteiger partial charge in [-0.1, -0.05) is 0 Å². The molecule has 0 spiro atoms. The summed E-state index contributed by atoms with van der Waals surface area (Å²) >= 11 is 0. The second kappa shape index (κ2) is 6.57. The Morgan fingerprint density at radius 2 is 2.26 bits per heavy atom. The minimum atomic E-state index is 0.151. The minimum Gasteiger partial charge on any atom is -0.294 e. The zero-order valence-corrected chi connectivity index (χ0v) is 13.9. The molecule has 1 aliphatic heterocycles. The molecule has 0 unspecified atom stereocenters. The largest absolute Gasteiger partial charge is 0.294 e. The number of ketones is 1. The summed E-state index contributed by atoms with van der Waals surface area (Å²) in [7, 11) is 1.82. The fraction of sp³-hybridized carbons (Fsp3) is 0.667. The molecule has 1 atom stereocenters. The molecule has 0 aliphatic carbocycles. The summed E-state index contributed by atoms with van der Waals surface area (Å²) in [4.78, 5) is 14.7. The van der Waals surface area contributed by atoms with Gasteiger partial charge >= 0.3 is 0 Å². The molecule has 8 heteroatoms. The molecule has 2 aromatic heterocycles. The maximum atomic E-state index is 12.4. The van der Waals surface area contributed by atoms with Gasteiger partial charge in [0.1, 0.15) is 0 Å². The van der Waals surface area contributed by atoms with Crippen molar-refractivity contribution in [3.8, 4) is 0 Å². The molecule has 0 bridgehead atoms. The van der Waals surface area contributed by atoms with Crippen LogP contribution in [0.25, 0.3) is 0 Å². The van der Waals surface area contributed by atoms with Gasteiger partial charge in [-0.15, -0.1) is 5.10 Å². The van der Waals surface area contributed by atoms with E-state index in [1.807, 2.05) is 11.7 Å². The van der Waals surface area contributed by atoms with Crippen LogP contribution in [0.2, 0.25) is 0 Å². The van der Waals surface area contributed by atoms with Crippen LogP contribution in [0.15, 0.2) is 12.4 Å². The molecule has 0 amide bonds. The number of carbonyl (C=O) groups is 1. The van der Waals surface area contributed by atoms with Crippen molar-refractivity contribution >= 4 is 5.78 Å². The van der Waals surface area contributed by atoms with Crippen LogP contribution in [0.4, 0.5) is 0 Å². The zero-order chi connectivity index (χ0) is 16.4. The SMILES string of the molecule is CC(C)n1nnnc1CN1CCC[C@@H]1CC(=O)c1cnn(C)c1. The molecule has 23 heavy (non-hydrogen) atoms. The third-order valence-corrected chi connectivity index (χ3v) is 4.34. The number of rotatable bonds is 6. The number of tetrazole rings is 1. The molecular weight excluding hydrogens is 294 g/mol. The molecule has 3 heterocycles. The van der Waals surface area contributed by atoms with Crippen LogP contribution in [0.3, 0.4) is 0 Å². The van der Waals surface area contributed by atoms with Crippen molar-refractivity contribution in [2.75, 3.05) is 6.54 Å². The minimum absolute atomic E-state index is 0.151. The van der Waals surface area contributed by atoms with Gasteiger partial charge in [0.05, 0.1) is 24.3 Å². The number of nitrogens with zero attached hydrogens (tertiary/aromatic N) is 7. The third kappa shape index (κ3) is 3.47. The maximum Gasteiger partial charge on any atom is 0.167 e. The first-order chi connectivity index (χ1) is 11.0. The van der Waals surface area contributed by atoms with Crippen LogP contribution in [-0.4, -0.2) is 53.3 Å². The zero-order valence-electron chi connectivity index (χ0n) is 13.9. The average Bonchev–Trinajstić information content (AvgIpc) is 3.21. The van der Waals surface area contributed by atoms with E-state index in [4.69, 9.17) is 0 Å². The molecule has 124 valence electrons. The van der Waals surface area contributed by atoms with Crippen LogP contribution < -0.4 is 0 Å². The van der Waals surface area contributed by atoms with E-state index in [0.29, 0.717) is 18.5 Å². The monoisotopic (exact) mass is 317 g/mol. The number of hydrogen-bond donors (Lipinski definition) is 0. The Hall–Kier alpha value is -2.09.